The fraction of sp³-hybridized carbons (Fsp3) is 0.120. The first kappa shape index (κ1) is 20.5. The maximum absolute atomic E-state index is 12.2. The van der Waals surface area contributed by atoms with Crippen molar-refractivity contribution >= 4 is 22.5 Å². The van der Waals surface area contributed by atoms with Crippen molar-refractivity contribution in [3.8, 4) is 22.4 Å². The maximum Gasteiger partial charge on any atom is 0.275 e. The highest BCUT2D eigenvalue weighted by Gasteiger charge is 2.14. The highest BCUT2D eigenvalue weighted by Crippen LogP contribution is 2.28. The second kappa shape index (κ2) is 8.95. The van der Waals surface area contributed by atoms with Gasteiger partial charge in [-0.3, -0.25) is 10.0 Å². The van der Waals surface area contributed by atoms with Gasteiger partial charge in [0.25, 0.3) is 5.91 Å². The van der Waals surface area contributed by atoms with Crippen molar-refractivity contribution < 1.29 is 15.1 Å². The number of fused-ring (bicyclic) bond motifs is 1. The molecule has 0 saturated carbocycles. The van der Waals surface area contributed by atoms with Crippen molar-refractivity contribution in [1.82, 2.24) is 10.5 Å². The second-order valence-corrected chi connectivity index (χ2v) is 7.37. The number of anilines is 1. The number of pyridine rings is 1. The largest absolute Gasteiger partial charge is 0.399 e. The van der Waals surface area contributed by atoms with E-state index >= 15 is 0 Å². The number of aromatic nitrogens is 1. The van der Waals surface area contributed by atoms with Gasteiger partial charge in [-0.25, -0.2) is 10.5 Å². The molecule has 1 heterocycles. The second-order valence-electron chi connectivity index (χ2n) is 7.37. The molecule has 5 N–H and O–H groups in total. The molecular weight excluding hydrogens is 390 g/mol. The molecular formula is C25H23N3O3. The van der Waals surface area contributed by atoms with Crippen LogP contribution in [0.1, 0.15) is 22.3 Å². The van der Waals surface area contributed by atoms with Gasteiger partial charge in [-0.05, 0) is 53.8 Å². The number of aryl methyl sites for hydroxylation is 1. The molecule has 0 bridgehead atoms. The van der Waals surface area contributed by atoms with Crippen molar-refractivity contribution in [2.24, 2.45) is 0 Å². The number of hydrogen-bond donors (Lipinski definition) is 4. The zero-order valence-electron chi connectivity index (χ0n) is 16.9. The van der Waals surface area contributed by atoms with Crippen LogP contribution in [0.25, 0.3) is 33.3 Å². The van der Waals surface area contributed by atoms with Crippen LogP contribution < -0.4 is 11.2 Å². The zero-order chi connectivity index (χ0) is 21.8. The quantitative estimate of drug-likeness (QED) is 0.215. The standard InChI is InChI=1S/C25H23N3O3/c26-20-11-12-23-21(14-20)22(25(30)28-31)15-24(27-23)19-9-7-18(8-10-19)17-5-3-16(4-6-17)2-1-13-29/h3-12,14-15,29,31H,1-2,13,26H2,(H,28,30). The Kier molecular flexibility index (Phi) is 5.93. The fourth-order valence-corrected chi connectivity index (χ4v) is 3.62. The summed E-state index contributed by atoms with van der Waals surface area (Å²) in [5, 5.41) is 18.7. The monoisotopic (exact) mass is 413 g/mol. The number of rotatable bonds is 6. The van der Waals surface area contributed by atoms with Crippen molar-refractivity contribution in [2.45, 2.75) is 12.8 Å². The molecule has 0 atom stereocenters. The Balaban J connectivity index is 1.67. The number of amides is 1. The van der Waals surface area contributed by atoms with Crippen LogP contribution in [0.3, 0.4) is 0 Å². The first-order valence-corrected chi connectivity index (χ1v) is 10.0. The summed E-state index contributed by atoms with van der Waals surface area (Å²) in [6, 6.07) is 23.1. The van der Waals surface area contributed by atoms with Gasteiger partial charge in [-0.2, -0.15) is 0 Å². The molecule has 1 amide bonds. The predicted molar refractivity (Wildman–Crippen MR) is 122 cm³/mol. The van der Waals surface area contributed by atoms with Gasteiger partial charge in [-0.15, -0.1) is 0 Å². The highest BCUT2D eigenvalue weighted by molar-refractivity contribution is 6.07. The number of aliphatic hydroxyl groups is 1. The van der Waals surface area contributed by atoms with Crippen LogP contribution in [0.2, 0.25) is 0 Å². The van der Waals surface area contributed by atoms with Gasteiger partial charge >= 0.3 is 0 Å². The summed E-state index contributed by atoms with van der Waals surface area (Å²) in [6.07, 6.45) is 1.62. The number of nitrogens with two attached hydrogens (primary N) is 1. The van der Waals surface area contributed by atoms with Crippen molar-refractivity contribution in [1.29, 1.82) is 0 Å². The number of aliphatic hydroxyl groups excluding tert-OH is 1. The van der Waals surface area contributed by atoms with Gasteiger partial charge in [0, 0.05) is 23.2 Å². The van der Waals surface area contributed by atoms with Crippen LogP contribution in [-0.2, 0) is 6.42 Å². The SMILES string of the molecule is Nc1ccc2nc(-c3ccc(-c4ccc(CCCO)cc4)cc3)cc(C(=O)NO)c2c1. The third-order valence-electron chi connectivity index (χ3n) is 5.27. The van der Waals surface area contributed by atoms with E-state index in [1.807, 2.05) is 24.3 Å². The smallest absolute Gasteiger partial charge is 0.275 e. The molecule has 0 radical (unpaired) electrons. The summed E-state index contributed by atoms with van der Waals surface area (Å²) < 4.78 is 0. The number of carbonyl (C=O) groups excluding carboxylic acids is 1. The van der Waals surface area contributed by atoms with E-state index in [9.17, 15) is 4.79 Å². The molecule has 0 aliphatic heterocycles. The molecule has 6 heteroatoms. The average molecular weight is 413 g/mol. The number of carbonyl (C=O) groups is 1. The van der Waals surface area contributed by atoms with Crippen molar-refractivity contribution in [2.75, 3.05) is 12.3 Å². The summed E-state index contributed by atoms with van der Waals surface area (Å²) in [4.78, 5) is 16.9. The molecule has 0 aliphatic rings. The van der Waals surface area contributed by atoms with Gasteiger partial charge in [0.1, 0.15) is 0 Å². The molecule has 3 aromatic carbocycles. The molecule has 6 nitrogen and oxygen atoms in total. The number of hydroxylamine groups is 1. The Labute approximate surface area is 180 Å². The van der Waals surface area contributed by atoms with E-state index in [2.05, 4.69) is 29.2 Å². The summed E-state index contributed by atoms with van der Waals surface area (Å²) in [5.41, 5.74) is 13.8. The number of benzene rings is 3. The number of nitrogens with one attached hydrogen (secondary N) is 1. The van der Waals surface area contributed by atoms with Crippen LogP contribution >= 0.6 is 0 Å². The summed E-state index contributed by atoms with van der Waals surface area (Å²) in [7, 11) is 0. The van der Waals surface area contributed by atoms with Crippen molar-refractivity contribution in [3.05, 3.63) is 83.9 Å². The number of nitrogens with zero attached hydrogens (tertiary/aromatic N) is 1. The van der Waals surface area contributed by atoms with Gasteiger partial charge < -0.3 is 10.8 Å². The van der Waals surface area contributed by atoms with E-state index in [0.29, 0.717) is 27.8 Å². The van der Waals surface area contributed by atoms with E-state index in [1.54, 1.807) is 29.7 Å². The average Bonchev–Trinajstić information content (AvgIpc) is 2.82. The molecule has 0 saturated heterocycles. The lowest BCUT2D eigenvalue weighted by atomic mass is 9.99. The topological polar surface area (TPSA) is 108 Å². The van der Waals surface area contributed by atoms with Crippen molar-refractivity contribution in [3.63, 3.8) is 0 Å². The van der Waals surface area contributed by atoms with E-state index in [-0.39, 0.29) is 6.61 Å². The van der Waals surface area contributed by atoms with Crippen LogP contribution in [0.5, 0.6) is 0 Å². The van der Waals surface area contributed by atoms with Gasteiger partial charge in [0.05, 0.1) is 16.8 Å². The van der Waals surface area contributed by atoms with Crippen LogP contribution in [0.4, 0.5) is 5.69 Å². The minimum absolute atomic E-state index is 0.196. The lowest BCUT2D eigenvalue weighted by Crippen LogP contribution is -2.19. The zero-order valence-corrected chi connectivity index (χ0v) is 16.9. The minimum Gasteiger partial charge on any atom is -0.399 e. The summed E-state index contributed by atoms with van der Waals surface area (Å²) in [5.74, 6) is -0.614. The third-order valence-corrected chi connectivity index (χ3v) is 5.27. The highest BCUT2D eigenvalue weighted by atomic mass is 16.5. The van der Waals surface area contributed by atoms with Crippen LogP contribution in [-0.4, -0.2) is 27.8 Å². The Morgan fingerprint density at radius 3 is 2.19 bits per heavy atom. The molecule has 31 heavy (non-hydrogen) atoms. The third kappa shape index (κ3) is 4.40. The molecule has 156 valence electrons. The van der Waals surface area contributed by atoms with E-state index in [1.165, 1.54) is 5.56 Å². The Hall–Kier alpha value is -3.74. The van der Waals surface area contributed by atoms with Gasteiger partial charge in [-0.1, -0.05) is 48.5 Å². The first-order chi connectivity index (χ1) is 15.1. The Bertz CT molecular complexity index is 1220. The molecule has 0 unspecified atom stereocenters. The summed E-state index contributed by atoms with van der Waals surface area (Å²) >= 11 is 0. The van der Waals surface area contributed by atoms with Crippen LogP contribution in [0.15, 0.2) is 72.8 Å². The van der Waals surface area contributed by atoms with Gasteiger partial charge in [0.2, 0.25) is 0 Å². The fourth-order valence-electron chi connectivity index (χ4n) is 3.62. The van der Waals surface area contributed by atoms with Gasteiger partial charge in [0.15, 0.2) is 0 Å². The normalized spacial score (nSPS) is 10.9. The lowest BCUT2D eigenvalue weighted by molar-refractivity contribution is 0.0708. The first-order valence-electron chi connectivity index (χ1n) is 10.0. The maximum atomic E-state index is 12.2. The molecule has 0 fully saturated rings. The Morgan fingerprint density at radius 1 is 0.903 bits per heavy atom. The molecule has 4 rings (SSSR count). The van der Waals surface area contributed by atoms with E-state index in [0.717, 1.165) is 29.5 Å². The molecule has 4 aromatic rings. The van der Waals surface area contributed by atoms with Crippen LogP contribution in [0, 0.1) is 0 Å². The number of hydrogen-bond acceptors (Lipinski definition) is 5. The Morgan fingerprint density at radius 2 is 1.55 bits per heavy atom. The minimum atomic E-state index is -0.614. The molecule has 1 aromatic heterocycles. The molecule has 0 spiro atoms. The lowest BCUT2D eigenvalue weighted by Gasteiger charge is -2.10. The summed E-state index contributed by atoms with van der Waals surface area (Å²) in [6.45, 7) is 0.196. The molecule has 0 aliphatic carbocycles. The van der Waals surface area contributed by atoms with E-state index < -0.39 is 5.91 Å². The number of nitrogen functional groups attached to an aromatic ring is 1. The van der Waals surface area contributed by atoms with E-state index in [4.69, 9.17) is 16.0 Å². The predicted octanol–water partition coefficient (Wildman–Crippen LogP) is 4.19.